The third-order valence-electron chi connectivity index (χ3n) is 5.26. The van der Waals surface area contributed by atoms with E-state index in [1.165, 1.54) is 5.69 Å². The van der Waals surface area contributed by atoms with Crippen molar-refractivity contribution in [3.8, 4) is 0 Å². The highest BCUT2D eigenvalue weighted by atomic mass is 16.5. The van der Waals surface area contributed by atoms with Crippen LogP contribution in [0.15, 0.2) is 48.5 Å². The van der Waals surface area contributed by atoms with E-state index in [9.17, 15) is 9.90 Å². The molecule has 1 saturated heterocycles. The highest BCUT2D eigenvalue weighted by Gasteiger charge is 2.31. The Morgan fingerprint density at radius 1 is 1.11 bits per heavy atom. The average Bonchev–Trinajstić information content (AvgIpc) is 3.03. The Morgan fingerprint density at radius 3 is 2.63 bits per heavy atom. The predicted molar refractivity (Wildman–Crippen MR) is 104 cm³/mol. The molecule has 2 atom stereocenters. The Kier molecular flexibility index (Phi) is 5.27. The third-order valence-corrected chi connectivity index (χ3v) is 5.26. The first kappa shape index (κ1) is 17.8. The molecule has 0 saturated carbocycles. The molecule has 1 aliphatic heterocycles. The monoisotopic (exact) mass is 367 g/mol. The fourth-order valence-electron chi connectivity index (χ4n) is 3.77. The van der Waals surface area contributed by atoms with Gasteiger partial charge in [-0.3, -0.25) is 0 Å². The summed E-state index contributed by atoms with van der Waals surface area (Å²) in [6, 6.07) is 15.4. The van der Waals surface area contributed by atoms with Gasteiger partial charge in [-0.25, -0.2) is 4.79 Å². The zero-order valence-corrected chi connectivity index (χ0v) is 15.2. The molecule has 0 bridgehead atoms. The van der Waals surface area contributed by atoms with Crippen molar-refractivity contribution in [3.63, 3.8) is 0 Å². The number of rotatable bonds is 4. The van der Waals surface area contributed by atoms with Crippen molar-refractivity contribution in [1.82, 2.24) is 10.6 Å². The topological polar surface area (TPSA) is 73.8 Å². The van der Waals surface area contributed by atoms with Crippen molar-refractivity contribution < 1.29 is 14.6 Å². The second-order valence-electron chi connectivity index (χ2n) is 7.04. The second-order valence-corrected chi connectivity index (χ2v) is 7.04. The molecule has 1 heterocycles. The molecule has 142 valence electrons. The van der Waals surface area contributed by atoms with Crippen LogP contribution < -0.4 is 15.5 Å². The Hall–Kier alpha value is -2.57. The van der Waals surface area contributed by atoms with Crippen LogP contribution in [0.4, 0.5) is 10.5 Å². The van der Waals surface area contributed by atoms with E-state index in [0.29, 0.717) is 13.0 Å². The summed E-state index contributed by atoms with van der Waals surface area (Å²) in [5, 5.41) is 16.0. The number of carbonyl (C=O) groups excluding carboxylic acids is 1. The van der Waals surface area contributed by atoms with Gasteiger partial charge in [0.1, 0.15) is 0 Å². The largest absolute Gasteiger partial charge is 0.390 e. The summed E-state index contributed by atoms with van der Waals surface area (Å²) in [4.78, 5) is 14.6. The zero-order chi connectivity index (χ0) is 18.6. The van der Waals surface area contributed by atoms with Crippen LogP contribution in [0.1, 0.15) is 22.7 Å². The van der Waals surface area contributed by atoms with Gasteiger partial charge in [-0.1, -0.05) is 36.4 Å². The van der Waals surface area contributed by atoms with Gasteiger partial charge in [0, 0.05) is 31.7 Å². The van der Waals surface area contributed by atoms with Crippen molar-refractivity contribution >= 4 is 11.7 Å². The number of fused-ring (bicyclic) bond motifs is 1. The number of hydrogen-bond acceptors (Lipinski definition) is 4. The number of morpholine rings is 1. The Labute approximate surface area is 159 Å². The molecular weight excluding hydrogens is 342 g/mol. The van der Waals surface area contributed by atoms with E-state index in [-0.39, 0.29) is 12.1 Å². The van der Waals surface area contributed by atoms with Crippen molar-refractivity contribution in [2.75, 3.05) is 31.2 Å². The smallest absolute Gasteiger partial charge is 0.315 e. The van der Waals surface area contributed by atoms with Crippen LogP contribution in [0.5, 0.6) is 0 Å². The highest BCUT2D eigenvalue weighted by Crippen LogP contribution is 2.31. The zero-order valence-electron chi connectivity index (χ0n) is 15.2. The van der Waals surface area contributed by atoms with E-state index >= 15 is 0 Å². The molecular formula is C21H25N3O3. The van der Waals surface area contributed by atoms with Gasteiger partial charge in [-0.2, -0.15) is 0 Å². The number of nitrogens with zero attached hydrogens (tertiary/aromatic N) is 1. The van der Waals surface area contributed by atoms with Crippen LogP contribution >= 0.6 is 0 Å². The average molecular weight is 367 g/mol. The lowest BCUT2D eigenvalue weighted by Crippen LogP contribution is -2.40. The first-order valence-corrected chi connectivity index (χ1v) is 9.42. The minimum absolute atomic E-state index is 0.270. The van der Waals surface area contributed by atoms with Gasteiger partial charge in [0.25, 0.3) is 0 Å². The van der Waals surface area contributed by atoms with Gasteiger partial charge in [0.15, 0.2) is 0 Å². The lowest BCUT2D eigenvalue weighted by atomic mass is 10.1. The van der Waals surface area contributed by atoms with Gasteiger partial charge in [-0.15, -0.1) is 0 Å². The number of carbonyl (C=O) groups is 1. The lowest BCUT2D eigenvalue weighted by Gasteiger charge is -2.28. The van der Waals surface area contributed by atoms with E-state index < -0.39 is 6.10 Å². The fourth-order valence-corrected chi connectivity index (χ4v) is 3.77. The molecule has 2 amide bonds. The number of aliphatic hydroxyl groups excluding tert-OH is 1. The summed E-state index contributed by atoms with van der Waals surface area (Å²) >= 11 is 0. The number of anilines is 1. The number of aliphatic hydroxyl groups is 1. The quantitative estimate of drug-likeness (QED) is 0.773. The highest BCUT2D eigenvalue weighted by molar-refractivity contribution is 5.74. The van der Waals surface area contributed by atoms with Crippen LogP contribution in [0, 0.1) is 0 Å². The standard InChI is InChI=1S/C21H25N3O3/c25-19-13-16-3-1-2-4-18(16)20(19)23-21(26)22-14-15-5-7-17(8-6-15)24-9-11-27-12-10-24/h1-8,19-20,25H,9-14H2,(H2,22,23,26)/t19-,20+/m0/s1. The van der Waals surface area contributed by atoms with Crippen LogP contribution in [-0.4, -0.2) is 43.5 Å². The summed E-state index contributed by atoms with van der Waals surface area (Å²) in [5.41, 5.74) is 4.30. The molecule has 2 aliphatic rings. The maximum Gasteiger partial charge on any atom is 0.315 e. The van der Waals surface area contributed by atoms with Gasteiger partial charge >= 0.3 is 6.03 Å². The van der Waals surface area contributed by atoms with Crippen molar-refractivity contribution in [2.45, 2.75) is 25.1 Å². The Bertz CT molecular complexity index is 788. The van der Waals surface area contributed by atoms with E-state index in [4.69, 9.17) is 4.74 Å². The lowest BCUT2D eigenvalue weighted by molar-refractivity contribution is 0.122. The molecule has 2 aromatic carbocycles. The number of hydrogen-bond donors (Lipinski definition) is 3. The number of urea groups is 1. The molecule has 0 spiro atoms. The first-order chi connectivity index (χ1) is 13.2. The molecule has 27 heavy (non-hydrogen) atoms. The number of benzene rings is 2. The van der Waals surface area contributed by atoms with Gasteiger partial charge in [0.05, 0.1) is 25.4 Å². The van der Waals surface area contributed by atoms with Crippen molar-refractivity contribution in [2.24, 2.45) is 0 Å². The third kappa shape index (κ3) is 4.07. The van der Waals surface area contributed by atoms with Gasteiger partial charge in [-0.05, 0) is 28.8 Å². The molecule has 6 nitrogen and oxygen atoms in total. The maximum absolute atomic E-state index is 12.3. The molecule has 3 N–H and O–H groups in total. The fraction of sp³-hybridized carbons (Fsp3) is 0.381. The van der Waals surface area contributed by atoms with E-state index in [1.807, 2.05) is 36.4 Å². The maximum atomic E-state index is 12.3. The SMILES string of the molecule is O=C(NCc1ccc(N2CCOCC2)cc1)N[C@@H]1c2ccccc2C[C@@H]1O. The molecule has 6 heteroatoms. The van der Waals surface area contributed by atoms with Gasteiger partial charge < -0.3 is 25.4 Å². The number of ether oxygens (including phenoxy) is 1. The van der Waals surface area contributed by atoms with E-state index in [2.05, 4.69) is 27.7 Å². The number of nitrogens with one attached hydrogen (secondary N) is 2. The van der Waals surface area contributed by atoms with E-state index in [1.54, 1.807) is 0 Å². The van der Waals surface area contributed by atoms with Crippen LogP contribution in [0.2, 0.25) is 0 Å². The summed E-state index contributed by atoms with van der Waals surface area (Å²) < 4.78 is 5.38. The van der Waals surface area contributed by atoms with Crippen molar-refractivity contribution in [3.05, 3.63) is 65.2 Å². The number of amides is 2. The van der Waals surface area contributed by atoms with Crippen LogP contribution in [-0.2, 0) is 17.7 Å². The second kappa shape index (κ2) is 7.98. The molecule has 2 aromatic rings. The Balaban J connectivity index is 1.30. The molecule has 1 aliphatic carbocycles. The van der Waals surface area contributed by atoms with E-state index in [0.717, 1.165) is 43.0 Å². The minimum atomic E-state index is -0.582. The van der Waals surface area contributed by atoms with Crippen LogP contribution in [0.3, 0.4) is 0 Å². The summed E-state index contributed by atoms with van der Waals surface area (Å²) in [7, 11) is 0. The summed E-state index contributed by atoms with van der Waals surface area (Å²) in [6.45, 7) is 3.79. The predicted octanol–water partition coefficient (Wildman–Crippen LogP) is 1.98. The molecule has 4 rings (SSSR count). The summed E-state index contributed by atoms with van der Waals surface area (Å²) in [5.74, 6) is 0. The Morgan fingerprint density at radius 2 is 1.85 bits per heavy atom. The normalized spacial score (nSPS) is 21.6. The molecule has 1 fully saturated rings. The first-order valence-electron chi connectivity index (χ1n) is 9.42. The summed E-state index contributed by atoms with van der Waals surface area (Å²) in [6.07, 6.45) is -0.00891. The van der Waals surface area contributed by atoms with Gasteiger partial charge in [0.2, 0.25) is 0 Å². The minimum Gasteiger partial charge on any atom is -0.390 e. The molecule has 0 aromatic heterocycles. The molecule has 0 radical (unpaired) electrons. The van der Waals surface area contributed by atoms with Crippen LogP contribution in [0.25, 0.3) is 0 Å². The molecule has 0 unspecified atom stereocenters. The van der Waals surface area contributed by atoms with Crippen molar-refractivity contribution in [1.29, 1.82) is 0 Å².